The number of sulfonamides is 1. The van der Waals surface area contributed by atoms with Gasteiger partial charge in [-0.2, -0.15) is 4.31 Å². The predicted octanol–water partition coefficient (Wildman–Crippen LogP) is 1.85. The van der Waals surface area contributed by atoms with E-state index in [0.717, 1.165) is 19.3 Å². The summed E-state index contributed by atoms with van der Waals surface area (Å²) in [6.45, 7) is 5.10. The lowest BCUT2D eigenvalue weighted by Crippen LogP contribution is -2.65. The van der Waals surface area contributed by atoms with Gasteiger partial charge in [0.1, 0.15) is 10.4 Å². The van der Waals surface area contributed by atoms with Crippen molar-refractivity contribution in [1.82, 2.24) is 9.62 Å². The molecule has 1 aromatic rings. The first kappa shape index (κ1) is 23.0. The quantitative estimate of drug-likeness (QED) is 0.531. The minimum atomic E-state index is -3.98. The van der Waals surface area contributed by atoms with Gasteiger partial charge in [0.15, 0.2) is 0 Å². The summed E-state index contributed by atoms with van der Waals surface area (Å²) in [6, 6.07) is 6.23. The maximum absolute atomic E-state index is 13.5. The Morgan fingerprint density at radius 3 is 2.28 bits per heavy atom. The lowest BCUT2D eigenvalue weighted by atomic mass is 9.47. The minimum absolute atomic E-state index is 0.000693. The second-order valence-electron chi connectivity index (χ2n) is 10.4. The summed E-state index contributed by atoms with van der Waals surface area (Å²) in [5.74, 6) is 0.332. The van der Waals surface area contributed by atoms with Crippen molar-refractivity contribution in [3.8, 4) is 0 Å². The number of rotatable bonds is 7. The molecule has 2 unspecified atom stereocenters. The number of anilines is 1. The monoisotopic (exact) mass is 462 g/mol. The molecular formula is C23H34N4O4S. The predicted molar refractivity (Wildman–Crippen MR) is 122 cm³/mol. The Balaban J connectivity index is 1.56. The van der Waals surface area contributed by atoms with E-state index in [9.17, 15) is 18.0 Å². The van der Waals surface area contributed by atoms with Crippen LogP contribution in [0.2, 0.25) is 0 Å². The van der Waals surface area contributed by atoms with Crippen LogP contribution in [0.4, 0.5) is 5.69 Å². The van der Waals surface area contributed by atoms with E-state index in [1.165, 1.54) is 16.4 Å². The van der Waals surface area contributed by atoms with Gasteiger partial charge in [-0.1, -0.05) is 19.1 Å². The maximum atomic E-state index is 13.5. The largest absolute Gasteiger partial charge is 0.398 e. The second kappa shape index (κ2) is 7.73. The van der Waals surface area contributed by atoms with Gasteiger partial charge in [-0.3, -0.25) is 9.59 Å². The molecule has 4 bridgehead atoms. The van der Waals surface area contributed by atoms with E-state index in [4.69, 9.17) is 11.5 Å². The fraction of sp³-hybridized carbons (Fsp3) is 0.652. The third-order valence-electron chi connectivity index (χ3n) is 8.05. The third kappa shape index (κ3) is 3.50. The number of carbonyl (C=O) groups excluding carboxylic acids is 2. The number of hydrogen-bond donors (Lipinski definition) is 3. The zero-order valence-electron chi connectivity index (χ0n) is 19.0. The molecule has 1 aromatic carbocycles. The summed E-state index contributed by atoms with van der Waals surface area (Å²) in [6.07, 6.45) is 4.23. The van der Waals surface area contributed by atoms with Crippen molar-refractivity contribution in [3.05, 3.63) is 24.3 Å². The van der Waals surface area contributed by atoms with Gasteiger partial charge >= 0.3 is 0 Å². The molecule has 0 aromatic heterocycles. The molecule has 5 N–H and O–H groups in total. The summed E-state index contributed by atoms with van der Waals surface area (Å²) in [7, 11) is -3.98. The van der Waals surface area contributed by atoms with Gasteiger partial charge in [0.05, 0.1) is 5.69 Å². The number of carbonyl (C=O) groups is 2. The Kier molecular flexibility index (Phi) is 5.56. The summed E-state index contributed by atoms with van der Waals surface area (Å²) in [5.41, 5.74) is 10.1. The number of nitrogens with one attached hydrogen (secondary N) is 1. The number of nitrogens with two attached hydrogens (primary N) is 2. The summed E-state index contributed by atoms with van der Waals surface area (Å²) < 4.78 is 28.0. The Morgan fingerprint density at radius 2 is 1.75 bits per heavy atom. The molecule has 5 rings (SSSR count). The van der Waals surface area contributed by atoms with E-state index in [-0.39, 0.29) is 46.8 Å². The van der Waals surface area contributed by atoms with Gasteiger partial charge in [-0.25, -0.2) is 8.42 Å². The van der Waals surface area contributed by atoms with Crippen LogP contribution in [-0.4, -0.2) is 42.7 Å². The van der Waals surface area contributed by atoms with Gasteiger partial charge in [-0.05, 0) is 75.8 Å². The normalized spacial score (nSPS) is 31.6. The van der Waals surface area contributed by atoms with Crippen molar-refractivity contribution >= 4 is 27.5 Å². The number of amides is 2. The Bertz CT molecular complexity index is 1020. The number of likely N-dealkylation sites (N-methyl/N-ethyl adjacent to an activating group) is 1. The number of para-hydroxylation sites is 1. The third-order valence-corrected chi connectivity index (χ3v) is 10.3. The number of nitrogens with zero attached hydrogens (tertiary/aromatic N) is 1. The molecule has 9 heteroatoms. The van der Waals surface area contributed by atoms with Crippen LogP contribution >= 0.6 is 0 Å². The molecule has 0 heterocycles. The highest BCUT2D eigenvalue weighted by Crippen LogP contribution is 2.60. The van der Waals surface area contributed by atoms with Crippen LogP contribution in [-0.2, 0) is 19.6 Å². The average Bonchev–Trinajstić information content (AvgIpc) is 2.70. The molecule has 0 saturated heterocycles. The van der Waals surface area contributed by atoms with Gasteiger partial charge < -0.3 is 16.8 Å². The van der Waals surface area contributed by atoms with Crippen molar-refractivity contribution in [1.29, 1.82) is 0 Å². The summed E-state index contributed by atoms with van der Waals surface area (Å²) in [4.78, 5) is 25.7. The average molecular weight is 463 g/mol. The molecular weight excluding hydrogens is 428 g/mol. The standard InChI is InChI=1S/C23H34N4O4S/c1-4-27(32(30,31)18-8-6-5-7-17(18)24)22(2,3)21(29)26-19-15-9-14-10-16(19)13-23(11-14,12-15)20(25)28/h5-8,14-16,19H,4,9-13,24H2,1-3H3,(H2,25,28)(H,26,29). The lowest BCUT2D eigenvalue weighted by molar-refractivity contribution is -0.148. The van der Waals surface area contributed by atoms with Crippen LogP contribution in [0.5, 0.6) is 0 Å². The van der Waals surface area contributed by atoms with Crippen LogP contribution in [0.15, 0.2) is 29.2 Å². The van der Waals surface area contributed by atoms with Gasteiger partial charge in [0.2, 0.25) is 21.8 Å². The zero-order valence-corrected chi connectivity index (χ0v) is 19.8. The molecule has 176 valence electrons. The molecule has 0 radical (unpaired) electrons. The molecule has 2 atom stereocenters. The molecule has 4 aliphatic rings. The number of hydrogen-bond acceptors (Lipinski definition) is 5. The minimum Gasteiger partial charge on any atom is -0.398 e. The van der Waals surface area contributed by atoms with E-state index >= 15 is 0 Å². The van der Waals surface area contributed by atoms with E-state index in [2.05, 4.69) is 5.32 Å². The first-order chi connectivity index (χ1) is 14.9. The first-order valence-corrected chi connectivity index (χ1v) is 12.8. The topological polar surface area (TPSA) is 136 Å². The summed E-state index contributed by atoms with van der Waals surface area (Å²) >= 11 is 0. The van der Waals surface area contributed by atoms with Crippen LogP contribution in [0.3, 0.4) is 0 Å². The van der Waals surface area contributed by atoms with Crippen molar-refractivity contribution in [3.63, 3.8) is 0 Å². The number of primary amides is 1. The molecule has 8 nitrogen and oxygen atoms in total. The number of nitrogen functional groups attached to an aromatic ring is 1. The highest BCUT2D eigenvalue weighted by atomic mass is 32.2. The SMILES string of the molecule is CCN(C(C)(C)C(=O)NC1C2CC3CC1CC(C(N)=O)(C3)C2)S(=O)(=O)c1ccccc1N. The first-order valence-electron chi connectivity index (χ1n) is 11.4. The van der Waals surface area contributed by atoms with E-state index in [1.807, 2.05) is 0 Å². The van der Waals surface area contributed by atoms with E-state index in [0.29, 0.717) is 18.8 Å². The Hall–Kier alpha value is -2.13. The molecule has 2 amide bonds. The fourth-order valence-corrected chi connectivity index (χ4v) is 8.58. The van der Waals surface area contributed by atoms with Gasteiger partial charge in [-0.15, -0.1) is 0 Å². The van der Waals surface area contributed by atoms with E-state index in [1.54, 1.807) is 32.9 Å². The summed E-state index contributed by atoms with van der Waals surface area (Å²) in [5, 5.41) is 3.18. The zero-order chi connectivity index (χ0) is 23.5. The second-order valence-corrected chi connectivity index (χ2v) is 12.2. The van der Waals surface area contributed by atoms with Crippen LogP contribution < -0.4 is 16.8 Å². The van der Waals surface area contributed by atoms with Crippen molar-refractivity contribution < 1.29 is 18.0 Å². The molecule has 4 saturated carbocycles. The Labute approximate surface area is 190 Å². The van der Waals surface area contributed by atoms with Crippen LogP contribution in [0.1, 0.15) is 52.9 Å². The highest BCUT2D eigenvalue weighted by molar-refractivity contribution is 7.89. The Morgan fingerprint density at radius 1 is 1.16 bits per heavy atom. The smallest absolute Gasteiger partial charge is 0.246 e. The molecule has 0 aliphatic heterocycles. The molecule has 32 heavy (non-hydrogen) atoms. The molecule has 4 fully saturated rings. The number of benzene rings is 1. The van der Waals surface area contributed by atoms with Crippen molar-refractivity contribution in [2.24, 2.45) is 28.9 Å². The van der Waals surface area contributed by atoms with Crippen LogP contribution in [0.25, 0.3) is 0 Å². The van der Waals surface area contributed by atoms with Crippen molar-refractivity contribution in [2.45, 2.75) is 69.4 Å². The lowest BCUT2D eigenvalue weighted by Gasteiger charge is -2.59. The highest BCUT2D eigenvalue weighted by Gasteiger charge is 2.58. The van der Waals surface area contributed by atoms with E-state index < -0.39 is 21.0 Å². The fourth-order valence-electron chi connectivity index (χ4n) is 6.70. The molecule has 4 aliphatic carbocycles. The maximum Gasteiger partial charge on any atom is 0.246 e. The molecule has 0 spiro atoms. The van der Waals surface area contributed by atoms with Gasteiger partial charge in [0, 0.05) is 18.0 Å². The van der Waals surface area contributed by atoms with Crippen LogP contribution in [0, 0.1) is 23.2 Å². The van der Waals surface area contributed by atoms with Gasteiger partial charge in [0.25, 0.3) is 0 Å². The van der Waals surface area contributed by atoms with Crippen molar-refractivity contribution in [2.75, 3.05) is 12.3 Å².